The summed E-state index contributed by atoms with van der Waals surface area (Å²) in [5.41, 5.74) is 0. The predicted molar refractivity (Wildman–Crippen MR) is 87.7 cm³/mol. The van der Waals surface area contributed by atoms with Gasteiger partial charge in [0, 0.05) is 6.55 Å². The van der Waals surface area contributed by atoms with Gasteiger partial charge in [0.1, 0.15) is 0 Å². The molecule has 0 aromatic carbocycles. The molecule has 0 radical (unpaired) electrons. The topological polar surface area (TPSA) is 65.0 Å². The molecule has 1 unspecified atom stereocenters. The Morgan fingerprint density at radius 3 is 1.58 bits per heavy atom. The summed E-state index contributed by atoms with van der Waals surface area (Å²) in [6.07, 6.45) is 0. The van der Waals surface area contributed by atoms with E-state index in [9.17, 15) is 9.26 Å². The zero-order valence-electron chi connectivity index (χ0n) is 13.6. The number of hydrogen-bond acceptors (Lipinski definition) is 5. The minimum absolute atomic E-state index is 1.59. The highest BCUT2D eigenvalue weighted by atomic mass is 29.2. The maximum atomic E-state index is 11.7. The van der Waals surface area contributed by atoms with Crippen LogP contribution in [0, 0.1) is 0 Å². The molecule has 0 fully saturated rings. The first-order valence-corrected chi connectivity index (χ1v) is 20.7. The Bertz CT molecular complexity index is 336. The van der Waals surface area contributed by atoms with Gasteiger partial charge in [-0.2, -0.15) is 0 Å². The lowest BCUT2D eigenvalue weighted by atomic mass is 11.8. The zero-order valence-corrected chi connectivity index (χ0v) is 18.6. The average molecular weight is 357 g/mol. The first-order chi connectivity index (χ1) is 8.06. The van der Waals surface area contributed by atoms with Crippen molar-refractivity contribution < 1.29 is 21.6 Å². The third-order valence-electron chi connectivity index (χ3n) is 2.28. The van der Waals surface area contributed by atoms with Crippen LogP contribution in [0.5, 0.6) is 0 Å². The molecule has 0 rings (SSSR count). The van der Waals surface area contributed by atoms with Crippen LogP contribution in [-0.4, -0.2) is 46.5 Å². The standard InChI is InChI=1S/C9H28O5Si5/c1-15(10)18(7,8)14-19(9,11)13-17(5,6)12-16(2,3)4/h11H,1-9H3. The Hall–Kier alpha value is 0.724. The van der Waals surface area contributed by atoms with Gasteiger partial charge in [-0.3, -0.25) is 0 Å². The molecule has 0 aliphatic rings. The minimum atomic E-state index is -3.29. The van der Waals surface area contributed by atoms with Crippen molar-refractivity contribution in [1.82, 2.24) is 0 Å². The van der Waals surface area contributed by atoms with E-state index in [4.69, 9.17) is 12.3 Å². The summed E-state index contributed by atoms with van der Waals surface area (Å²) in [6.45, 7) is 17.1. The Labute approximate surface area is 122 Å². The molecule has 1 atom stereocenters. The molecular formula is C9H28O5Si5. The highest BCUT2D eigenvalue weighted by Gasteiger charge is 2.47. The van der Waals surface area contributed by atoms with Crippen LogP contribution in [0.3, 0.4) is 0 Å². The van der Waals surface area contributed by atoms with Gasteiger partial charge in [0.2, 0.25) is 7.83 Å². The molecule has 0 spiro atoms. The third-order valence-corrected chi connectivity index (χ3v) is 21.4. The maximum absolute atomic E-state index is 11.7. The van der Waals surface area contributed by atoms with Crippen molar-refractivity contribution in [2.75, 3.05) is 0 Å². The van der Waals surface area contributed by atoms with Crippen LogP contribution < -0.4 is 0 Å². The SMILES string of the molecule is C[Si](=O)[Si](C)(C)O[Si](C)(O)O[Si](C)(C)O[Si](C)(C)C. The van der Waals surface area contributed by atoms with E-state index in [2.05, 4.69) is 19.6 Å². The van der Waals surface area contributed by atoms with E-state index in [1.807, 2.05) is 26.2 Å². The summed E-state index contributed by atoms with van der Waals surface area (Å²) in [4.78, 5) is 10.4. The predicted octanol–water partition coefficient (Wildman–Crippen LogP) is 2.47. The Morgan fingerprint density at radius 1 is 0.842 bits per heavy atom. The average Bonchev–Trinajstić information content (AvgIpc) is 1.91. The molecule has 0 aliphatic heterocycles. The van der Waals surface area contributed by atoms with Crippen LogP contribution in [0.25, 0.3) is 0 Å². The quantitative estimate of drug-likeness (QED) is 0.710. The van der Waals surface area contributed by atoms with Crippen LogP contribution in [0.2, 0.25) is 58.9 Å². The van der Waals surface area contributed by atoms with Gasteiger partial charge in [0.25, 0.3) is 8.20 Å². The van der Waals surface area contributed by atoms with Gasteiger partial charge in [-0.15, -0.1) is 0 Å². The third kappa shape index (κ3) is 8.57. The molecular weight excluding hydrogens is 329 g/mol. The summed E-state index contributed by atoms with van der Waals surface area (Å²) in [7, 11) is -11.6. The van der Waals surface area contributed by atoms with Gasteiger partial charge < -0.3 is 21.6 Å². The van der Waals surface area contributed by atoms with Gasteiger partial charge in [0.05, 0.1) is 0 Å². The fourth-order valence-corrected chi connectivity index (χ4v) is 19.8. The highest BCUT2D eigenvalue weighted by molar-refractivity contribution is 7.24. The largest absolute Gasteiger partial charge is 0.475 e. The molecule has 0 aliphatic carbocycles. The van der Waals surface area contributed by atoms with E-state index >= 15 is 0 Å². The van der Waals surface area contributed by atoms with Crippen LogP contribution >= 0.6 is 0 Å². The second-order valence-corrected chi connectivity index (χ2v) is 27.9. The molecule has 0 heterocycles. The van der Waals surface area contributed by atoms with E-state index in [1.54, 1.807) is 13.1 Å². The second kappa shape index (κ2) is 6.23. The summed E-state index contributed by atoms with van der Waals surface area (Å²) >= 11 is 0. The van der Waals surface area contributed by atoms with Crippen molar-refractivity contribution >= 4 is 41.7 Å². The fraction of sp³-hybridized carbons (Fsp3) is 1.00. The van der Waals surface area contributed by atoms with Gasteiger partial charge in [0.15, 0.2) is 8.32 Å². The van der Waals surface area contributed by atoms with Crippen molar-refractivity contribution in [2.24, 2.45) is 0 Å². The monoisotopic (exact) mass is 356 g/mol. The molecule has 1 N–H and O–H groups in total. The minimum Gasteiger partial charge on any atom is -0.437 e. The molecule has 0 bridgehead atoms. The number of hydrogen-bond donors (Lipinski definition) is 1. The molecule has 0 aromatic rings. The zero-order chi connectivity index (χ0) is 15.7. The van der Waals surface area contributed by atoms with Gasteiger partial charge in [-0.05, 0) is 52.4 Å². The van der Waals surface area contributed by atoms with Crippen molar-refractivity contribution in [1.29, 1.82) is 0 Å². The number of rotatable bonds is 7. The molecule has 0 aromatic heterocycles. The van der Waals surface area contributed by atoms with E-state index < -0.39 is 41.7 Å². The van der Waals surface area contributed by atoms with Gasteiger partial charge in [-0.25, -0.2) is 0 Å². The van der Waals surface area contributed by atoms with Crippen LogP contribution in [0.15, 0.2) is 0 Å². The molecule has 0 saturated carbocycles. The Morgan fingerprint density at radius 2 is 1.26 bits per heavy atom. The molecule has 10 heteroatoms. The van der Waals surface area contributed by atoms with Crippen LogP contribution in [0.4, 0.5) is 0 Å². The van der Waals surface area contributed by atoms with Crippen molar-refractivity contribution in [2.45, 2.75) is 58.9 Å². The maximum Gasteiger partial charge on any atom is 0.475 e. The second-order valence-electron chi connectivity index (χ2n) is 6.78. The summed E-state index contributed by atoms with van der Waals surface area (Å²) in [5, 5.41) is 0. The lowest BCUT2D eigenvalue weighted by Gasteiger charge is -2.37. The highest BCUT2D eigenvalue weighted by Crippen LogP contribution is 2.22. The normalized spacial score (nSPS) is 17.2. The molecule has 5 nitrogen and oxygen atoms in total. The summed E-state index contributed by atoms with van der Waals surface area (Å²) in [6, 6.07) is 0. The molecule has 114 valence electrons. The lowest BCUT2D eigenvalue weighted by Crippen LogP contribution is -2.59. The van der Waals surface area contributed by atoms with Crippen LogP contribution in [0.1, 0.15) is 0 Å². The first kappa shape index (κ1) is 19.7. The van der Waals surface area contributed by atoms with Crippen molar-refractivity contribution in [3.63, 3.8) is 0 Å². The van der Waals surface area contributed by atoms with Crippen molar-refractivity contribution in [3.05, 3.63) is 0 Å². The van der Waals surface area contributed by atoms with Crippen molar-refractivity contribution in [3.8, 4) is 0 Å². The first-order valence-electron chi connectivity index (χ1n) is 6.40. The van der Waals surface area contributed by atoms with Gasteiger partial charge >= 0.3 is 17.4 Å². The Balaban J connectivity index is 4.82. The Kier molecular flexibility index (Phi) is 6.47. The molecule has 19 heavy (non-hydrogen) atoms. The van der Waals surface area contributed by atoms with E-state index in [0.29, 0.717) is 0 Å². The van der Waals surface area contributed by atoms with E-state index in [0.717, 1.165) is 0 Å². The molecule has 0 saturated heterocycles. The molecule has 0 amide bonds. The van der Waals surface area contributed by atoms with E-state index in [-0.39, 0.29) is 0 Å². The lowest BCUT2D eigenvalue weighted by molar-refractivity contribution is 0.231. The smallest absolute Gasteiger partial charge is 0.437 e. The van der Waals surface area contributed by atoms with Crippen LogP contribution in [-0.2, 0) is 16.8 Å². The summed E-state index contributed by atoms with van der Waals surface area (Å²) in [5.74, 6) is 0. The summed E-state index contributed by atoms with van der Waals surface area (Å²) < 4.78 is 29.3. The van der Waals surface area contributed by atoms with E-state index in [1.165, 1.54) is 0 Å². The fourth-order valence-electron chi connectivity index (χ4n) is 1.78. The van der Waals surface area contributed by atoms with Gasteiger partial charge in [-0.1, -0.05) is 0 Å².